The van der Waals surface area contributed by atoms with E-state index in [4.69, 9.17) is 12.6 Å². The van der Waals surface area contributed by atoms with Gasteiger partial charge in [0.1, 0.15) is 0 Å². The van der Waals surface area contributed by atoms with Gasteiger partial charge in [-0.2, -0.15) is 25.0 Å². The van der Waals surface area contributed by atoms with Gasteiger partial charge in [-0.1, -0.05) is 20.3 Å². The maximum atomic E-state index is 5.08. The van der Waals surface area contributed by atoms with Gasteiger partial charge in [-0.25, -0.2) is 0 Å². The van der Waals surface area contributed by atoms with E-state index in [1.807, 2.05) is 0 Å². The molecule has 1 saturated heterocycles. The van der Waals surface area contributed by atoms with Gasteiger partial charge in [0.05, 0.1) is 0 Å². The largest absolute Gasteiger partial charge is 0.342 e. The van der Waals surface area contributed by atoms with Crippen LogP contribution in [0.1, 0.15) is 52.9 Å². The number of hydrogen-bond acceptors (Lipinski definition) is 2. The number of rotatable bonds is 3. The van der Waals surface area contributed by atoms with Crippen molar-refractivity contribution in [2.24, 2.45) is 11.8 Å². The zero-order valence-corrected chi connectivity index (χ0v) is 17.0. The van der Waals surface area contributed by atoms with Crippen LogP contribution in [-0.2, 0) is 32.7 Å². The van der Waals surface area contributed by atoms with Crippen LogP contribution in [0.3, 0.4) is 0 Å². The average Bonchev–Trinajstić information content (AvgIpc) is 2.22. The Balaban J connectivity index is 0.00000324. The third-order valence-electron chi connectivity index (χ3n) is 4.77. The second kappa shape index (κ2) is 8.15. The van der Waals surface area contributed by atoms with E-state index in [9.17, 15) is 0 Å². The molecule has 0 aromatic heterocycles. The van der Waals surface area contributed by atoms with Crippen LogP contribution in [0, 0.1) is 25.7 Å². The van der Waals surface area contributed by atoms with Gasteiger partial charge in [0.15, 0.2) is 0 Å². The van der Waals surface area contributed by atoms with E-state index in [0.717, 1.165) is 25.3 Å². The van der Waals surface area contributed by atoms with Crippen LogP contribution in [0.15, 0.2) is 0 Å². The van der Waals surface area contributed by atoms with E-state index in [-0.39, 0.29) is 43.0 Å². The number of nitrogens with zero attached hydrogens (tertiary/aromatic N) is 1. The Morgan fingerprint density at radius 1 is 1.47 bits per heavy atom. The van der Waals surface area contributed by atoms with Crippen LogP contribution >= 0.6 is 12.6 Å². The van der Waals surface area contributed by atoms with E-state index in [1.54, 1.807) is 0 Å². The third-order valence-corrected chi connectivity index (χ3v) is 5.37. The summed E-state index contributed by atoms with van der Waals surface area (Å²) in [6, 6.07) is 0. The maximum absolute atomic E-state index is 5.08. The summed E-state index contributed by atoms with van der Waals surface area (Å²) in [5.74, 6) is 1.20. The van der Waals surface area contributed by atoms with Gasteiger partial charge in [-0.3, -0.25) is 0 Å². The first-order valence-corrected chi connectivity index (χ1v) is 7.76. The molecule has 1 rings (SSSR count). The van der Waals surface area contributed by atoms with Crippen molar-refractivity contribution >= 4 is 12.6 Å². The Morgan fingerprint density at radius 2 is 2.05 bits per heavy atom. The summed E-state index contributed by atoms with van der Waals surface area (Å²) in [4.78, 5) is 2.51. The van der Waals surface area contributed by atoms with Crippen molar-refractivity contribution in [1.29, 1.82) is 0 Å². The fourth-order valence-corrected chi connectivity index (χ4v) is 4.47. The normalized spacial score (nSPS) is 39.0. The molecule has 4 atom stereocenters. The van der Waals surface area contributed by atoms with Gasteiger partial charge in [-0.15, -0.1) is 0 Å². The Labute approximate surface area is 152 Å². The van der Waals surface area contributed by atoms with E-state index in [2.05, 4.69) is 46.6 Å². The summed E-state index contributed by atoms with van der Waals surface area (Å²) >= 11 is 5.08. The monoisotopic (exact) mass is 358 g/mol. The summed E-state index contributed by atoms with van der Waals surface area (Å²) in [6.07, 6.45) is 5.76. The summed E-state index contributed by atoms with van der Waals surface area (Å²) in [5, 5.41) is 0. The fraction of sp³-hybridized carbons (Fsp3) is 0.875. The van der Waals surface area contributed by atoms with E-state index >= 15 is 0 Å². The van der Waals surface area contributed by atoms with Crippen molar-refractivity contribution < 1.29 is 32.7 Å². The van der Waals surface area contributed by atoms with Crippen LogP contribution in [0.2, 0.25) is 0 Å². The molecule has 0 saturated carbocycles. The molecular weight excluding hydrogens is 327 g/mol. The third kappa shape index (κ3) is 4.69. The Kier molecular flexibility index (Phi) is 8.76. The minimum atomic E-state index is 0. The van der Waals surface area contributed by atoms with Gasteiger partial charge in [0, 0.05) is 43.0 Å². The molecule has 1 fully saturated rings. The van der Waals surface area contributed by atoms with Gasteiger partial charge in [-0.05, 0) is 45.7 Å². The molecule has 4 unspecified atom stereocenters. The van der Waals surface area contributed by atoms with Crippen molar-refractivity contribution in [3.05, 3.63) is 13.8 Å². The Morgan fingerprint density at radius 3 is 2.53 bits per heavy atom. The topological polar surface area (TPSA) is 3.24 Å². The van der Waals surface area contributed by atoms with Crippen LogP contribution < -0.4 is 0 Å². The molecule has 111 valence electrons. The van der Waals surface area contributed by atoms with Crippen molar-refractivity contribution in [3.8, 4) is 0 Å². The van der Waals surface area contributed by atoms with E-state index < -0.39 is 0 Å². The summed E-state index contributed by atoms with van der Waals surface area (Å²) in [6.45, 7) is 16.5. The zero-order chi connectivity index (χ0) is 14.0. The molecule has 0 N–H and O–H groups in total. The second-order valence-electron chi connectivity index (χ2n) is 6.74. The molecule has 1 radical (unpaired) electrons. The molecule has 1 aliphatic rings. The van der Waals surface area contributed by atoms with Crippen LogP contribution in [0.5, 0.6) is 0 Å². The van der Waals surface area contributed by atoms with Crippen LogP contribution in [0.4, 0.5) is 0 Å². The molecule has 0 aliphatic carbocycles. The molecular formula is C16H31NSY-2. The number of likely N-dealkylation sites (tertiary alicyclic amines) is 1. The molecule has 1 aliphatic heterocycles. The SMILES string of the molecule is [CH2-]CC1(CC([CH2-])C)N(C)CCCC(C)CC1(C)S.[Y]. The molecule has 0 amide bonds. The minimum absolute atomic E-state index is 0. The van der Waals surface area contributed by atoms with Gasteiger partial charge < -0.3 is 18.7 Å². The Hall–Kier alpha value is 1.41. The van der Waals surface area contributed by atoms with Crippen LogP contribution in [-0.4, -0.2) is 28.8 Å². The summed E-state index contributed by atoms with van der Waals surface area (Å²) in [7, 11) is 2.25. The minimum Gasteiger partial charge on any atom is -0.342 e. The van der Waals surface area contributed by atoms with Gasteiger partial charge >= 0.3 is 0 Å². The zero-order valence-electron chi connectivity index (χ0n) is 13.3. The summed E-state index contributed by atoms with van der Waals surface area (Å²) < 4.78 is 0.00921. The van der Waals surface area contributed by atoms with Crippen molar-refractivity contribution in [2.75, 3.05) is 13.6 Å². The first kappa shape index (κ1) is 20.4. The number of hydrogen-bond donors (Lipinski definition) is 1. The molecule has 0 spiro atoms. The van der Waals surface area contributed by atoms with Gasteiger partial charge in [0.25, 0.3) is 0 Å². The standard InChI is InChI=1S/C16H31NS.Y/c1-7-16(11-13(2)3)15(5,18)12-14(4)9-8-10-17(16)6;/h13-14,18H,1-2,7-12H2,3-6H3;/q-2;. The Bertz CT molecular complexity index is 267. The summed E-state index contributed by atoms with van der Waals surface area (Å²) in [5.41, 5.74) is 0.0754. The maximum Gasteiger partial charge on any atom is 0.0262 e. The first-order chi connectivity index (χ1) is 8.25. The average molecular weight is 358 g/mol. The second-order valence-corrected chi connectivity index (χ2v) is 7.72. The molecule has 3 heteroatoms. The predicted octanol–water partition coefficient (Wildman–Crippen LogP) is 4.25. The predicted molar refractivity (Wildman–Crippen MR) is 84.9 cm³/mol. The first-order valence-electron chi connectivity index (χ1n) is 7.31. The van der Waals surface area contributed by atoms with Gasteiger partial charge in [0.2, 0.25) is 0 Å². The quantitative estimate of drug-likeness (QED) is 0.583. The molecule has 0 bridgehead atoms. The molecule has 19 heavy (non-hydrogen) atoms. The van der Waals surface area contributed by atoms with Crippen molar-refractivity contribution in [2.45, 2.75) is 63.2 Å². The fourth-order valence-electron chi connectivity index (χ4n) is 3.79. The molecule has 0 aromatic carbocycles. The van der Waals surface area contributed by atoms with Crippen molar-refractivity contribution in [3.63, 3.8) is 0 Å². The van der Waals surface area contributed by atoms with E-state index in [1.165, 1.54) is 19.3 Å². The molecule has 0 aromatic rings. The van der Waals surface area contributed by atoms with Crippen molar-refractivity contribution in [1.82, 2.24) is 4.90 Å². The van der Waals surface area contributed by atoms with Crippen LogP contribution in [0.25, 0.3) is 0 Å². The molecule has 1 nitrogen and oxygen atoms in total. The molecule has 1 heterocycles. The number of thiol groups is 1. The smallest absolute Gasteiger partial charge is 0.0262 e. The van der Waals surface area contributed by atoms with E-state index in [0.29, 0.717) is 5.92 Å².